The van der Waals surface area contributed by atoms with Crippen molar-refractivity contribution in [1.82, 2.24) is 0 Å². The van der Waals surface area contributed by atoms with Gasteiger partial charge in [0.1, 0.15) is 0 Å². The second kappa shape index (κ2) is 33.2. The molecule has 0 aliphatic carbocycles. The standard InChI is InChI=1S/C46H60BF12NO3.C6HF4/c1-3-5-7-9-11-13-15-17-19-21-23-25-27-60(28-26-24-22-20-18-16-14-12-10-8-6-4-2)43-38(55)37(54)41(58)46(42(43)59)63-47(61-44-33(50)29-31(48)35(52)39(44)56)62-45-34(51)30-32(49)36(53)40(45)57;7-3-1-4(8)6(10)5(9)2-3/h29-30H,3-28H2,1-2H3;1H/q;-1/p+1. The first-order chi connectivity index (χ1) is 34.9. The molecule has 4 rings (SSSR count). The van der Waals surface area contributed by atoms with Crippen LogP contribution >= 0.6 is 0 Å². The predicted molar refractivity (Wildman–Crippen MR) is 244 cm³/mol. The lowest BCUT2D eigenvalue weighted by molar-refractivity contribution is -0.835. The first-order valence-electron chi connectivity index (χ1n) is 24.9. The van der Waals surface area contributed by atoms with Gasteiger partial charge in [0.25, 0.3) is 0 Å². The summed E-state index contributed by atoms with van der Waals surface area (Å²) in [6.45, 7) is 4.41. The van der Waals surface area contributed by atoms with Crippen molar-refractivity contribution in [3.63, 3.8) is 0 Å². The third-order valence-electron chi connectivity index (χ3n) is 11.9. The van der Waals surface area contributed by atoms with Crippen LogP contribution in [0.2, 0.25) is 0 Å². The highest BCUT2D eigenvalue weighted by molar-refractivity contribution is 6.39. The normalized spacial score (nSPS) is 11.3. The van der Waals surface area contributed by atoms with E-state index in [9.17, 15) is 52.7 Å². The number of halogens is 16. The lowest BCUT2D eigenvalue weighted by Gasteiger charge is -2.23. The smallest absolute Gasteiger partial charge is 0.484 e. The molecule has 0 aliphatic rings. The summed E-state index contributed by atoms with van der Waals surface area (Å²) < 4.78 is 239. The zero-order valence-electron chi connectivity index (χ0n) is 41.0. The van der Waals surface area contributed by atoms with Gasteiger partial charge >= 0.3 is 7.32 Å². The summed E-state index contributed by atoms with van der Waals surface area (Å²) in [7, 11) is -3.27. The largest absolute Gasteiger partial charge is 0.864 e. The van der Waals surface area contributed by atoms with E-state index >= 15 is 17.6 Å². The molecule has 0 saturated heterocycles. The number of rotatable bonds is 33. The monoisotopic (exact) mass is 1060 g/mol. The Bertz CT molecular complexity index is 2190. The first kappa shape index (κ1) is 62.5. The fourth-order valence-electron chi connectivity index (χ4n) is 7.91. The maximum atomic E-state index is 16.5. The molecule has 1 N–H and O–H groups in total. The molecule has 0 unspecified atom stereocenters. The molecule has 0 spiro atoms. The van der Waals surface area contributed by atoms with Crippen molar-refractivity contribution in [3.8, 4) is 17.2 Å². The van der Waals surface area contributed by atoms with Gasteiger partial charge in [-0.1, -0.05) is 148 Å². The first-order valence-corrected chi connectivity index (χ1v) is 24.9. The van der Waals surface area contributed by atoms with Crippen molar-refractivity contribution >= 4 is 13.0 Å². The maximum absolute atomic E-state index is 16.5. The average Bonchev–Trinajstić information content (AvgIpc) is 3.35. The number of unbranched alkanes of at least 4 members (excludes halogenated alkanes) is 22. The fourth-order valence-corrected chi connectivity index (χ4v) is 7.91. The molecule has 4 aromatic carbocycles. The summed E-state index contributed by atoms with van der Waals surface area (Å²) >= 11 is 0. The molecule has 0 fully saturated rings. The number of quaternary nitrogens is 1. The van der Waals surface area contributed by atoms with E-state index < -0.39 is 123 Å². The second-order valence-corrected chi connectivity index (χ2v) is 17.7. The maximum Gasteiger partial charge on any atom is 0.864 e. The van der Waals surface area contributed by atoms with Crippen LogP contribution in [0, 0.1) is 99.1 Å². The van der Waals surface area contributed by atoms with Gasteiger partial charge in [-0.3, -0.25) is 9.29 Å². The molecule has 21 heteroatoms. The number of nitrogens with one attached hydrogen (secondary N) is 1. The minimum absolute atomic E-state index is 0.0425. The molecule has 73 heavy (non-hydrogen) atoms. The van der Waals surface area contributed by atoms with Crippen molar-refractivity contribution in [2.24, 2.45) is 0 Å². The lowest BCUT2D eigenvalue weighted by atomic mass is 10.0. The van der Waals surface area contributed by atoms with Gasteiger partial charge in [0.2, 0.25) is 40.6 Å². The third-order valence-corrected chi connectivity index (χ3v) is 11.9. The summed E-state index contributed by atoms with van der Waals surface area (Å²) in [5.74, 6) is -38.2. The average molecular weight is 1060 g/mol. The van der Waals surface area contributed by atoms with E-state index in [-0.39, 0.29) is 36.2 Å². The third kappa shape index (κ3) is 20.1. The Hall–Kier alpha value is -4.82. The van der Waals surface area contributed by atoms with E-state index in [0.717, 1.165) is 64.2 Å². The quantitative estimate of drug-likeness (QED) is 0.0129. The van der Waals surface area contributed by atoms with Crippen molar-refractivity contribution in [3.05, 3.63) is 117 Å². The summed E-state index contributed by atoms with van der Waals surface area (Å²) in [6, 6.07) is 1.07. The second-order valence-electron chi connectivity index (χ2n) is 17.7. The Morgan fingerprint density at radius 3 is 1.04 bits per heavy atom. The molecule has 0 aliphatic heterocycles. The number of hydrogen-bond donors (Lipinski definition) is 1. The van der Waals surface area contributed by atoms with Gasteiger partial charge in [0.15, 0.2) is 52.2 Å². The molecule has 0 bridgehead atoms. The molecule has 0 atom stereocenters. The molecule has 4 aromatic rings. The zero-order chi connectivity index (χ0) is 54.0. The summed E-state index contributed by atoms with van der Waals surface area (Å²) in [6.07, 6.45) is 24.0. The Morgan fingerprint density at radius 2 is 0.671 bits per heavy atom. The lowest BCUT2D eigenvalue weighted by Crippen LogP contribution is -3.07. The van der Waals surface area contributed by atoms with Crippen LogP contribution in [0.5, 0.6) is 17.2 Å². The fraction of sp³-hybridized carbons (Fsp3) is 0.538. The predicted octanol–water partition coefficient (Wildman–Crippen LogP) is 16.8. The van der Waals surface area contributed by atoms with Crippen LogP contribution in [0.4, 0.5) is 75.9 Å². The van der Waals surface area contributed by atoms with E-state index in [1.54, 1.807) is 0 Å². The highest BCUT2D eigenvalue weighted by atomic mass is 19.2. The van der Waals surface area contributed by atoms with Gasteiger partial charge < -0.3 is 14.0 Å². The summed E-state index contributed by atoms with van der Waals surface area (Å²) in [5.41, 5.74) is -1.04. The van der Waals surface area contributed by atoms with Gasteiger partial charge in [-0.25, -0.2) is 43.9 Å². The Morgan fingerprint density at radius 1 is 0.342 bits per heavy atom. The Labute approximate surface area is 417 Å². The molecule has 0 radical (unpaired) electrons. The van der Waals surface area contributed by atoms with Crippen LogP contribution in [-0.2, 0) is 0 Å². The van der Waals surface area contributed by atoms with Gasteiger partial charge in [0.05, 0.1) is 30.5 Å². The van der Waals surface area contributed by atoms with Crippen molar-refractivity contribution in [2.45, 2.75) is 168 Å². The Balaban J connectivity index is 0.00000125. The molecule has 0 amide bonds. The van der Waals surface area contributed by atoms with Crippen molar-refractivity contribution in [2.75, 3.05) is 13.1 Å². The van der Waals surface area contributed by atoms with Crippen molar-refractivity contribution < 1.29 is 89.1 Å². The molecule has 0 heterocycles. The van der Waals surface area contributed by atoms with Crippen LogP contribution in [-0.4, -0.2) is 20.4 Å². The van der Waals surface area contributed by atoms with Gasteiger partial charge in [-0.15, -0.1) is 6.07 Å². The van der Waals surface area contributed by atoms with E-state index in [2.05, 4.69) is 23.2 Å². The topological polar surface area (TPSA) is 32.1 Å². The SMILES string of the molecule is CCCCCCCCCCCCCC[NH+](CCCCCCCCCCCCCC)c1c(F)c(F)c(F)c(OB(Oc2c(F)cc(F)c(F)c2F)Oc2c(F)cc(F)c(F)c2F)c1F.Fc1[c-]c(F)c(F)c(F)c1. The van der Waals surface area contributed by atoms with Crippen LogP contribution < -0.4 is 18.9 Å². The minimum Gasteiger partial charge on any atom is -0.484 e. The van der Waals surface area contributed by atoms with E-state index in [4.69, 9.17) is 4.65 Å². The molecule has 0 aromatic heterocycles. The van der Waals surface area contributed by atoms with Crippen molar-refractivity contribution in [1.29, 1.82) is 0 Å². The van der Waals surface area contributed by atoms with E-state index in [1.165, 1.54) is 70.3 Å². The van der Waals surface area contributed by atoms with E-state index in [0.29, 0.717) is 25.7 Å². The van der Waals surface area contributed by atoms with E-state index in [1.807, 2.05) is 0 Å². The van der Waals surface area contributed by atoms with Gasteiger partial charge in [-0.2, -0.15) is 22.0 Å². The minimum atomic E-state index is -3.27. The number of hydrogen-bond acceptors (Lipinski definition) is 3. The highest BCUT2D eigenvalue weighted by Gasteiger charge is 2.42. The highest BCUT2D eigenvalue weighted by Crippen LogP contribution is 2.35. The van der Waals surface area contributed by atoms with Gasteiger partial charge in [-0.05, 0) is 25.7 Å². The van der Waals surface area contributed by atoms with Crippen LogP contribution in [0.15, 0.2) is 18.2 Å². The van der Waals surface area contributed by atoms with Gasteiger partial charge in [0, 0.05) is 17.9 Å². The zero-order valence-corrected chi connectivity index (χ0v) is 41.0. The molecule has 4 nitrogen and oxygen atoms in total. The summed E-state index contributed by atoms with van der Waals surface area (Å²) in [4.78, 5) is 0.0432. The van der Waals surface area contributed by atoms with Crippen LogP contribution in [0.25, 0.3) is 0 Å². The van der Waals surface area contributed by atoms with Crippen LogP contribution in [0.1, 0.15) is 168 Å². The molecule has 0 saturated carbocycles. The van der Waals surface area contributed by atoms with Crippen LogP contribution in [0.3, 0.4) is 0 Å². The Kier molecular flexibility index (Phi) is 28.4. The summed E-state index contributed by atoms with van der Waals surface area (Å²) in [5, 5.41) is 0. The molecule has 408 valence electrons. The molecular weight excluding hydrogens is 1000 g/mol. The number of benzene rings is 4. The molecular formula is C52H62BF16NO3.